The van der Waals surface area contributed by atoms with Gasteiger partial charge in [-0.3, -0.25) is 9.69 Å². The molecule has 3 rings (SSSR count). The second-order valence-corrected chi connectivity index (χ2v) is 6.21. The summed E-state index contributed by atoms with van der Waals surface area (Å²) >= 11 is 0. The number of nitrogens with one attached hydrogen (secondary N) is 1. The standard InChI is InChI=1S/C16H19FN4O2/c1-10-8-11(4-5-12(10)17)14-19-13(23-20-14)9-21-7-6-18-15(22)16(21,2)3/h4-5,8H,6-7,9H2,1-3H3,(H,18,22). The van der Waals surface area contributed by atoms with Gasteiger partial charge in [0.05, 0.1) is 12.1 Å². The number of nitrogens with zero attached hydrogens (tertiary/aromatic N) is 3. The summed E-state index contributed by atoms with van der Waals surface area (Å²) in [5.74, 6) is 0.573. The molecule has 0 unspecified atom stereocenters. The Morgan fingerprint density at radius 2 is 2.22 bits per heavy atom. The third-order valence-electron chi connectivity index (χ3n) is 4.22. The van der Waals surface area contributed by atoms with E-state index in [9.17, 15) is 9.18 Å². The zero-order valence-electron chi connectivity index (χ0n) is 13.4. The van der Waals surface area contributed by atoms with E-state index >= 15 is 0 Å². The fraction of sp³-hybridized carbons (Fsp3) is 0.438. The molecular formula is C16H19FN4O2. The maximum Gasteiger partial charge on any atom is 0.241 e. The first-order chi connectivity index (χ1) is 10.9. The van der Waals surface area contributed by atoms with Crippen LogP contribution in [0.3, 0.4) is 0 Å². The minimum Gasteiger partial charge on any atom is -0.353 e. The topological polar surface area (TPSA) is 71.3 Å². The minimum atomic E-state index is -0.626. The van der Waals surface area contributed by atoms with Crippen LogP contribution in [0.2, 0.25) is 0 Å². The molecular weight excluding hydrogens is 299 g/mol. The number of aryl methyl sites for hydroxylation is 1. The van der Waals surface area contributed by atoms with Crippen LogP contribution in [0, 0.1) is 12.7 Å². The van der Waals surface area contributed by atoms with Gasteiger partial charge in [-0.15, -0.1) is 0 Å². The molecule has 1 aliphatic heterocycles. The highest BCUT2D eigenvalue weighted by atomic mass is 19.1. The number of piperazine rings is 1. The summed E-state index contributed by atoms with van der Waals surface area (Å²) in [6.07, 6.45) is 0. The lowest BCUT2D eigenvalue weighted by Gasteiger charge is -2.40. The number of hydrogen-bond acceptors (Lipinski definition) is 5. The van der Waals surface area contributed by atoms with E-state index in [-0.39, 0.29) is 11.7 Å². The number of rotatable bonds is 3. The van der Waals surface area contributed by atoms with Gasteiger partial charge < -0.3 is 9.84 Å². The van der Waals surface area contributed by atoms with Crippen molar-refractivity contribution in [1.29, 1.82) is 0 Å². The van der Waals surface area contributed by atoms with Crippen molar-refractivity contribution in [1.82, 2.24) is 20.4 Å². The molecule has 1 saturated heterocycles. The molecule has 1 aromatic carbocycles. The van der Waals surface area contributed by atoms with Gasteiger partial charge in [0.25, 0.3) is 0 Å². The Morgan fingerprint density at radius 3 is 2.96 bits per heavy atom. The Hall–Kier alpha value is -2.28. The van der Waals surface area contributed by atoms with E-state index in [1.54, 1.807) is 19.1 Å². The van der Waals surface area contributed by atoms with Gasteiger partial charge in [0.1, 0.15) is 5.82 Å². The molecule has 2 aromatic rings. The van der Waals surface area contributed by atoms with Gasteiger partial charge in [0.15, 0.2) is 0 Å². The Labute approximate surface area is 133 Å². The lowest BCUT2D eigenvalue weighted by Crippen LogP contribution is -2.61. The van der Waals surface area contributed by atoms with Crippen LogP contribution in [0.1, 0.15) is 25.3 Å². The van der Waals surface area contributed by atoms with Gasteiger partial charge in [-0.05, 0) is 44.5 Å². The Balaban J connectivity index is 1.79. The summed E-state index contributed by atoms with van der Waals surface area (Å²) in [7, 11) is 0. The summed E-state index contributed by atoms with van der Waals surface area (Å²) in [4.78, 5) is 18.3. The minimum absolute atomic E-state index is 0.0161. The number of amides is 1. The predicted molar refractivity (Wildman–Crippen MR) is 81.9 cm³/mol. The molecule has 1 fully saturated rings. The average molecular weight is 318 g/mol. The number of hydrogen-bond donors (Lipinski definition) is 1. The maximum atomic E-state index is 13.3. The summed E-state index contributed by atoms with van der Waals surface area (Å²) in [5, 5.41) is 6.80. The molecule has 1 aromatic heterocycles. The normalized spacial score (nSPS) is 18.0. The molecule has 23 heavy (non-hydrogen) atoms. The molecule has 0 aliphatic carbocycles. The molecule has 0 spiro atoms. The van der Waals surface area contributed by atoms with E-state index in [0.717, 1.165) is 0 Å². The molecule has 122 valence electrons. The summed E-state index contributed by atoms with van der Waals surface area (Å²) in [6.45, 7) is 7.12. The molecule has 0 atom stereocenters. The quantitative estimate of drug-likeness (QED) is 0.936. The molecule has 1 aliphatic rings. The fourth-order valence-corrected chi connectivity index (χ4v) is 2.60. The van der Waals surface area contributed by atoms with Crippen molar-refractivity contribution in [3.63, 3.8) is 0 Å². The van der Waals surface area contributed by atoms with E-state index in [1.165, 1.54) is 6.07 Å². The SMILES string of the molecule is Cc1cc(-c2noc(CN3CCNC(=O)C3(C)C)n2)ccc1F. The second-order valence-electron chi connectivity index (χ2n) is 6.21. The van der Waals surface area contributed by atoms with Gasteiger partial charge >= 0.3 is 0 Å². The van der Waals surface area contributed by atoms with E-state index in [4.69, 9.17) is 4.52 Å². The first kappa shape index (κ1) is 15.6. The van der Waals surface area contributed by atoms with Crippen LogP contribution in [0.25, 0.3) is 11.4 Å². The summed E-state index contributed by atoms with van der Waals surface area (Å²) in [5.41, 5.74) is 0.608. The highest BCUT2D eigenvalue weighted by molar-refractivity contribution is 5.86. The Kier molecular flexibility index (Phi) is 3.89. The zero-order valence-corrected chi connectivity index (χ0v) is 13.4. The van der Waals surface area contributed by atoms with Gasteiger partial charge in [-0.1, -0.05) is 5.16 Å². The van der Waals surface area contributed by atoms with E-state index in [0.29, 0.717) is 42.5 Å². The van der Waals surface area contributed by atoms with Crippen molar-refractivity contribution in [2.24, 2.45) is 0 Å². The summed E-state index contributed by atoms with van der Waals surface area (Å²) < 4.78 is 18.6. The fourth-order valence-electron chi connectivity index (χ4n) is 2.60. The Bertz CT molecular complexity index is 741. The van der Waals surface area contributed by atoms with Crippen molar-refractivity contribution in [3.05, 3.63) is 35.5 Å². The molecule has 0 saturated carbocycles. The number of aromatic nitrogens is 2. The number of carbonyl (C=O) groups excluding carboxylic acids is 1. The third kappa shape index (κ3) is 2.96. The van der Waals surface area contributed by atoms with Crippen molar-refractivity contribution in [2.45, 2.75) is 32.9 Å². The number of carbonyl (C=O) groups is 1. The highest BCUT2D eigenvalue weighted by Gasteiger charge is 2.38. The third-order valence-corrected chi connectivity index (χ3v) is 4.22. The smallest absolute Gasteiger partial charge is 0.241 e. The van der Waals surface area contributed by atoms with Crippen molar-refractivity contribution in [3.8, 4) is 11.4 Å². The number of benzene rings is 1. The lowest BCUT2D eigenvalue weighted by atomic mass is 9.99. The molecule has 1 amide bonds. The highest BCUT2D eigenvalue weighted by Crippen LogP contribution is 2.22. The van der Waals surface area contributed by atoms with Crippen LogP contribution in [0.4, 0.5) is 4.39 Å². The molecule has 7 heteroatoms. The maximum absolute atomic E-state index is 13.3. The zero-order chi connectivity index (χ0) is 16.6. The van der Waals surface area contributed by atoms with Crippen LogP contribution in [-0.4, -0.2) is 39.6 Å². The molecule has 2 heterocycles. The van der Waals surface area contributed by atoms with Gasteiger partial charge in [-0.2, -0.15) is 4.98 Å². The van der Waals surface area contributed by atoms with E-state index in [2.05, 4.69) is 15.5 Å². The molecule has 0 radical (unpaired) electrons. The molecule has 1 N–H and O–H groups in total. The molecule has 6 nitrogen and oxygen atoms in total. The van der Waals surface area contributed by atoms with E-state index < -0.39 is 5.54 Å². The van der Waals surface area contributed by atoms with E-state index in [1.807, 2.05) is 18.7 Å². The second kappa shape index (κ2) is 5.73. The van der Waals surface area contributed by atoms with Crippen molar-refractivity contribution < 1.29 is 13.7 Å². The number of halogens is 1. The van der Waals surface area contributed by atoms with Crippen LogP contribution in [0.5, 0.6) is 0 Å². The predicted octanol–water partition coefficient (Wildman–Crippen LogP) is 1.89. The molecule has 0 bridgehead atoms. The van der Waals surface area contributed by atoms with Gasteiger partial charge in [0.2, 0.25) is 17.6 Å². The van der Waals surface area contributed by atoms with Gasteiger partial charge in [0, 0.05) is 18.7 Å². The first-order valence-electron chi connectivity index (χ1n) is 7.50. The average Bonchev–Trinajstić information content (AvgIpc) is 2.96. The van der Waals surface area contributed by atoms with Crippen molar-refractivity contribution in [2.75, 3.05) is 13.1 Å². The Morgan fingerprint density at radius 1 is 1.43 bits per heavy atom. The summed E-state index contributed by atoms with van der Waals surface area (Å²) in [6, 6.07) is 4.69. The largest absolute Gasteiger partial charge is 0.353 e. The first-order valence-corrected chi connectivity index (χ1v) is 7.50. The van der Waals surface area contributed by atoms with Crippen molar-refractivity contribution >= 4 is 5.91 Å². The van der Waals surface area contributed by atoms with Gasteiger partial charge in [-0.25, -0.2) is 4.39 Å². The monoisotopic (exact) mass is 318 g/mol. The van der Waals surface area contributed by atoms with Crippen LogP contribution in [0.15, 0.2) is 22.7 Å². The lowest BCUT2D eigenvalue weighted by molar-refractivity contribution is -0.135. The van der Waals surface area contributed by atoms with Crippen LogP contribution < -0.4 is 5.32 Å². The van der Waals surface area contributed by atoms with Crippen LogP contribution in [-0.2, 0) is 11.3 Å². The van der Waals surface area contributed by atoms with Crippen LogP contribution >= 0.6 is 0 Å².